The highest BCUT2D eigenvalue weighted by Gasteiger charge is 2.34. The summed E-state index contributed by atoms with van der Waals surface area (Å²) in [6, 6.07) is 12.6. The van der Waals surface area contributed by atoms with E-state index < -0.39 is 0 Å². The van der Waals surface area contributed by atoms with Crippen molar-refractivity contribution in [3.8, 4) is 11.4 Å². The van der Waals surface area contributed by atoms with E-state index in [1.165, 1.54) is 0 Å². The summed E-state index contributed by atoms with van der Waals surface area (Å²) in [6.07, 6.45) is 1.66. The molecule has 5 nitrogen and oxygen atoms in total. The number of likely N-dealkylation sites (tertiary alicyclic amines) is 1. The lowest BCUT2D eigenvalue weighted by molar-refractivity contribution is 0.0710. The fourth-order valence-corrected chi connectivity index (χ4v) is 3.63. The molecule has 0 radical (unpaired) electrons. The molecular weight excluding hydrogens is 385 g/mol. The van der Waals surface area contributed by atoms with Crippen LogP contribution in [0.1, 0.15) is 40.7 Å². The van der Waals surface area contributed by atoms with Crippen LogP contribution in [0.3, 0.4) is 0 Å². The zero-order valence-corrected chi connectivity index (χ0v) is 16.2. The van der Waals surface area contributed by atoms with Crippen LogP contribution in [-0.4, -0.2) is 27.5 Å². The van der Waals surface area contributed by atoms with E-state index in [0.29, 0.717) is 33.9 Å². The highest BCUT2D eigenvalue weighted by atomic mass is 35.5. The van der Waals surface area contributed by atoms with Crippen LogP contribution >= 0.6 is 23.2 Å². The van der Waals surface area contributed by atoms with Gasteiger partial charge < -0.3 is 9.42 Å². The van der Waals surface area contributed by atoms with Crippen molar-refractivity contribution in [1.82, 2.24) is 15.0 Å². The van der Waals surface area contributed by atoms with Crippen molar-refractivity contribution < 1.29 is 9.32 Å². The predicted octanol–water partition coefficient (Wildman–Crippen LogP) is 5.33. The molecule has 0 spiro atoms. The Morgan fingerprint density at radius 1 is 1.19 bits per heavy atom. The van der Waals surface area contributed by atoms with Gasteiger partial charge in [0, 0.05) is 17.7 Å². The zero-order valence-electron chi connectivity index (χ0n) is 14.7. The van der Waals surface area contributed by atoms with Crippen LogP contribution in [-0.2, 0) is 0 Å². The Labute approximate surface area is 166 Å². The number of amides is 1. The summed E-state index contributed by atoms with van der Waals surface area (Å²) >= 11 is 12.0. The zero-order chi connectivity index (χ0) is 19.0. The lowest BCUT2D eigenvalue weighted by Gasteiger charge is -2.22. The van der Waals surface area contributed by atoms with Crippen molar-refractivity contribution in [3.05, 3.63) is 69.5 Å². The molecule has 0 aliphatic carbocycles. The molecule has 3 aromatic rings. The van der Waals surface area contributed by atoms with E-state index in [0.717, 1.165) is 24.0 Å². The van der Waals surface area contributed by atoms with E-state index in [-0.39, 0.29) is 11.9 Å². The normalized spacial score (nSPS) is 16.7. The van der Waals surface area contributed by atoms with Gasteiger partial charge in [0.25, 0.3) is 5.91 Å². The average Bonchev–Trinajstić information content (AvgIpc) is 3.32. The van der Waals surface area contributed by atoms with E-state index in [4.69, 9.17) is 27.7 Å². The van der Waals surface area contributed by atoms with E-state index in [1.54, 1.807) is 23.1 Å². The summed E-state index contributed by atoms with van der Waals surface area (Å²) in [5.74, 6) is 0.867. The first kappa shape index (κ1) is 18.0. The largest absolute Gasteiger partial charge is 0.337 e. The minimum atomic E-state index is -0.238. The van der Waals surface area contributed by atoms with Crippen LogP contribution in [0.15, 0.2) is 47.0 Å². The smallest absolute Gasteiger partial charge is 0.254 e. The van der Waals surface area contributed by atoms with Gasteiger partial charge in [0.05, 0.1) is 10.0 Å². The van der Waals surface area contributed by atoms with Gasteiger partial charge in [-0.2, -0.15) is 4.98 Å². The van der Waals surface area contributed by atoms with E-state index >= 15 is 0 Å². The molecule has 2 heterocycles. The molecule has 1 aliphatic heterocycles. The van der Waals surface area contributed by atoms with E-state index in [9.17, 15) is 4.79 Å². The van der Waals surface area contributed by atoms with Gasteiger partial charge in [-0.3, -0.25) is 4.79 Å². The molecule has 1 fully saturated rings. The third kappa shape index (κ3) is 3.57. The second kappa shape index (κ2) is 7.33. The number of aromatic nitrogens is 2. The maximum Gasteiger partial charge on any atom is 0.254 e. The topological polar surface area (TPSA) is 59.2 Å². The highest BCUT2D eigenvalue weighted by Crippen LogP contribution is 2.34. The first-order valence-electron chi connectivity index (χ1n) is 8.69. The van der Waals surface area contributed by atoms with Gasteiger partial charge in [0.15, 0.2) is 0 Å². The summed E-state index contributed by atoms with van der Waals surface area (Å²) in [4.78, 5) is 19.2. The van der Waals surface area contributed by atoms with Crippen LogP contribution in [0.25, 0.3) is 11.4 Å². The Bertz CT molecular complexity index is 1000. The number of rotatable bonds is 3. The fraction of sp³-hybridized carbons (Fsp3) is 0.250. The molecule has 0 N–H and O–H groups in total. The van der Waals surface area contributed by atoms with E-state index in [2.05, 4.69) is 10.1 Å². The van der Waals surface area contributed by atoms with Crippen LogP contribution in [0.2, 0.25) is 10.0 Å². The molecule has 27 heavy (non-hydrogen) atoms. The lowest BCUT2D eigenvalue weighted by Crippen LogP contribution is -2.30. The molecule has 2 aromatic carbocycles. The van der Waals surface area contributed by atoms with Crippen molar-refractivity contribution in [2.24, 2.45) is 0 Å². The summed E-state index contributed by atoms with van der Waals surface area (Å²) in [7, 11) is 0. The number of halogens is 2. The SMILES string of the molecule is Cc1cccc(-c2noc([C@@H]3CCCN3C(=O)c3ccc(Cl)c(Cl)c3)n2)c1. The van der Waals surface area contributed by atoms with Gasteiger partial charge >= 0.3 is 0 Å². The Hall–Kier alpha value is -2.37. The Morgan fingerprint density at radius 3 is 2.81 bits per heavy atom. The molecule has 7 heteroatoms. The molecule has 1 aliphatic rings. The van der Waals surface area contributed by atoms with Gasteiger partial charge in [-0.25, -0.2) is 0 Å². The van der Waals surface area contributed by atoms with Crippen LogP contribution in [0.5, 0.6) is 0 Å². The number of benzene rings is 2. The second-order valence-corrected chi connectivity index (χ2v) is 7.43. The molecule has 1 saturated heterocycles. The average molecular weight is 402 g/mol. The summed E-state index contributed by atoms with van der Waals surface area (Å²) < 4.78 is 5.50. The Balaban J connectivity index is 1.60. The Kier molecular flexibility index (Phi) is 4.89. The number of hydrogen-bond acceptors (Lipinski definition) is 4. The predicted molar refractivity (Wildman–Crippen MR) is 104 cm³/mol. The molecule has 4 rings (SSSR count). The Morgan fingerprint density at radius 2 is 2.04 bits per heavy atom. The summed E-state index contributed by atoms with van der Waals surface area (Å²) in [5, 5.41) is 4.88. The van der Waals surface area contributed by atoms with E-state index in [1.807, 2.05) is 31.2 Å². The summed E-state index contributed by atoms with van der Waals surface area (Å²) in [6.45, 7) is 2.64. The lowest BCUT2D eigenvalue weighted by atomic mass is 10.1. The number of hydrogen-bond donors (Lipinski definition) is 0. The second-order valence-electron chi connectivity index (χ2n) is 6.61. The maximum atomic E-state index is 12.9. The minimum absolute atomic E-state index is 0.119. The molecule has 1 atom stereocenters. The van der Waals surface area contributed by atoms with Crippen molar-refractivity contribution in [2.45, 2.75) is 25.8 Å². The van der Waals surface area contributed by atoms with Crippen molar-refractivity contribution >= 4 is 29.1 Å². The van der Waals surface area contributed by atoms with Crippen molar-refractivity contribution in [3.63, 3.8) is 0 Å². The molecular formula is C20H17Cl2N3O2. The van der Waals surface area contributed by atoms with Crippen molar-refractivity contribution in [2.75, 3.05) is 6.54 Å². The maximum absolute atomic E-state index is 12.9. The minimum Gasteiger partial charge on any atom is -0.337 e. The molecule has 138 valence electrons. The van der Waals surface area contributed by atoms with Crippen LogP contribution in [0, 0.1) is 6.92 Å². The standard InChI is InChI=1S/C20H17Cl2N3O2/c1-12-4-2-5-13(10-12)18-23-19(27-24-18)17-6-3-9-25(17)20(26)14-7-8-15(21)16(22)11-14/h2,4-5,7-8,10-11,17H,3,6,9H2,1H3/t17-/m0/s1. The fourth-order valence-electron chi connectivity index (χ4n) is 3.33. The van der Waals surface area contributed by atoms with Crippen molar-refractivity contribution in [1.29, 1.82) is 0 Å². The van der Waals surface area contributed by atoms with Gasteiger partial charge in [-0.1, -0.05) is 52.1 Å². The van der Waals surface area contributed by atoms with Gasteiger partial charge in [0.1, 0.15) is 6.04 Å². The molecule has 1 amide bonds. The quantitative estimate of drug-likeness (QED) is 0.594. The number of carbonyl (C=O) groups is 1. The third-order valence-corrected chi connectivity index (χ3v) is 5.42. The van der Waals surface area contributed by atoms with Gasteiger partial charge in [-0.15, -0.1) is 0 Å². The van der Waals surface area contributed by atoms with Crippen LogP contribution < -0.4 is 0 Å². The molecule has 0 saturated carbocycles. The van der Waals surface area contributed by atoms with Gasteiger partial charge in [0.2, 0.25) is 11.7 Å². The first-order chi connectivity index (χ1) is 13.0. The third-order valence-electron chi connectivity index (χ3n) is 4.68. The molecule has 1 aromatic heterocycles. The number of carbonyl (C=O) groups excluding carboxylic acids is 1. The number of aryl methyl sites for hydroxylation is 1. The monoisotopic (exact) mass is 401 g/mol. The van der Waals surface area contributed by atoms with Crippen LogP contribution in [0.4, 0.5) is 0 Å². The highest BCUT2D eigenvalue weighted by molar-refractivity contribution is 6.42. The molecule has 0 unspecified atom stereocenters. The summed E-state index contributed by atoms with van der Waals surface area (Å²) in [5.41, 5.74) is 2.51. The van der Waals surface area contributed by atoms with Gasteiger partial charge in [-0.05, 0) is 44.0 Å². The first-order valence-corrected chi connectivity index (χ1v) is 9.45. The number of nitrogens with zero attached hydrogens (tertiary/aromatic N) is 3. The molecule has 0 bridgehead atoms.